The maximum atomic E-state index is 4.66. The van der Waals surface area contributed by atoms with Crippen LogP contribution in [0.25, 0.3) is 10.9 Å². The minimum Gasteiger partial charge on any atom is -0.253 e. The first-order valence-corrected chi connectivity index (χ1v) is 5.22. The number of aromatic nitrogens is 1. The molecule has 1 aromatic heterocycles. The van der Waals surface area contributed by atoms with Gasteiger partial charge in [-0.1, -0.05) is 32.0 Å². The van der Waals surface area contributed by atoms with Gasteiger partial charge in [-0.3, -0.25) is 4.98 Å². The molecule has 15 heavy (non-hydrogen) atoms. The monoisotopic (exact) mass is 313 g/mol. The molecule has 2 aromatic rings. The second-order valence-electron chi connectivity index (χ2n) is 3.49. The van der Waals surface area contributed by atoms with E-state index in [1.54, 1.807) is 0 Å². The molecule has 0 amide bonds. The van der Waals surface area contributed by atoms with E-state index >= 15 is 0 Å². The molecule has 80 valence electrons. The van der Waals surface area contributed by atoms with E-state index in [2.05, 4.69) is 43.1 Å². The first-order chi connectivity index (χ1) is 6.85. The highest BCUT2D eigenvalue weighted by Gasteiger charge is 2.02. The van der Waals surface area contributed by atoms with Gasteiger partial charge in [-0.15, -0.1) is 24.0 Å². The van der Waals surface area contributed by atoms with Gasteiger partial charge in [0.05, 0.1) is 5.52 Å². The SMILES string of the molecule is CCc1cc2ccccc2nc1CC.I. The molecule has 1 heterocycles. The van der Waals surface area contributed by atoms with E-state index in [1.807, 2.05) is 6.07 Å². The molecule has 1 nitrogen and oxygen atoms in total. The zero-order chi connectivity index (χ0) is 9.97. The summed E-state index contributed by atoms with van der Waals surface area (Å²) in [6.45, 7) is 4.35. The van der Waals surface area contributed by atoms with Gasteiger partial charge in [0.2, 0.25) is 0 Å². The Kier molecular flexibility index (Phi) is 4.51. The Bertz CT molecular complexity index is 409. The molecule has 0 saturated carbocycles. The van der Waals surface area contributed by atoms with Crippen molar-refractivity contribution < 1.29 is 0 Å². The molecule has 2 rings (SSSR count). The van der Waals surface area contributed by atoms with Crippen molar-refractivity contribution in [1.82, 2.24) is 4.98 Å². The number of hydrogen-bond acceptors (Lipinski definition) is 1. The average Bonchev–Trinajstić information content (AvgIpc) is 2.27. The van der Waals surface area contributed by atoms with Crippen LogP contribution in [0.15, 0.2) is 30.3 Å². The van der Waals surface area contributed by atoms with Crippen molar-refractivity contribution in [3.05, 3.63) is 41.6 Å². The number of pyridine rings is 1. The Morgan fingerprint density at radius 2 is 1.80 bits per heavy atom. The van der Waals surface area contributed by atoms with Crippen LogP contribution < -0.4 is 0 Å². The van der Waals surface area contributed by atoms with Gasteiger partial charge in [-0.2, -0.15) is 0 Å². The predicted octanol–water partition coefficient (Wildman–Crippen LogP) is 3.98. The Morgan fingerprint density at radius 1 is 1.07 bits per heavy atom. The van der Waals surface area contributed by atoms with Crippen LogP contribution in [0.1, 0.15) is 25.1 Å². The van der Waals surface area contributed by atoms with Gasteiger partial charge in [0.15, 0.2) is 0 Å². The van der Waals surface area contributed by atoms with Gasteiger partial charge < -0.3 is 0 Å². The fourth-order valence-corrected chi connectivity index (χ4v) is 1.81. The third-order valence-electron chi connectivity index (χ3n) is 2.61. The topological polar surface area (TPSA) is 12.9 Å². The molecular formula is C13H16IN. The highest BCUT2D eigenvalue weighted by atomic mass is 127. The van der Waals surface area contributed by atoms with E-state index in [0.717, 1.165) is 18.4 Å². The Morgan fingerprint density at radius 3 is 2.47 bits per heavy atom. The second-order valence-corrected chi connectivity index (χ2v) is 3.49. The first-order valence-electron chi connectivity index (χ1n) is 5.22. The van der Waals surface area contributed by atoms with E-state index in [1.165, 1.54) is 16.6 Å². The lowest BCUT2D eigenvalue weighted by Gasteiger charge is -2.06. The van der Waals surface area contributed by atoms with E-state index in [4.69, 9.17) is 0 Å². The van der Waals surface area contributed by atoms with Crippen LogP contribution in [-0.2, 0) is 12.8 Å². The lowest BCUT2D eigenvalue weighted by Crippen LogP contribution is -1.95. The van der Waals surface area contributed by atoms with Gasteiger partial charge in [0, 0.05) is 11.1 Å². The third-order valence-corrected chi connectivity index (χ3v) is 2.61. The summed E-state index contributed by atoms with van der Waals surface area (Å²) in [6, 6.07) is 10.6. The average molecular weight is 313 g/mol. The van der Waals surface area contributed by atoms with Gasteiger partial charge >= 0.3 is 0 Å². The number of benzene rings is 1. The van der Waals surface area contributed by atoms with Crippen LogP contribution in [-0.4, -0.2) is 4.98 Å². The fourth-order valence-electron chi connectivity index (χ4n) is 1.81. The molecule has 0 radical (unpaired) electrons. The molecule has 0 spiro atoms. The smallest absolute Gasteiger partial charge is 0.0705 e. The van der Waals surface area contributed by atoms with Crippen LogP contribution in [0, 0.1) is 0 Å². The van der Waals surface area contributed by atoms with Crippen LogP contribution in [0.5, 0.6) is 0 Å². The number of halogens is 1. The quantitative estimate of drug-likeness (QED) is 0.764. The summed E-state index contributed by atoms with van der Waals surface area (Å²) in [6.07, 6.45) is 2.09. The minimum atomic E-state index is 0. The maximum absolute atomic E-state index is 4.66. The molecular weight excluding hydrogens is 297 g/mol. The zero-order valence-corrected chi connectivity index (χ0v) is 11.5. The van der Waals surface area contributed by atoms with Gasteiger partial charge in [-0.25, -0.2) is 0 Å². The normalized spacial score (nSPS) is 10.0. The third kappa shape index (κ3) is 2.48. The highest BCUT2D eigenvalue weighted by Crippen LogP contribution is 2.17. The maximum Gasteiger partial charge on any atom is 0.0705 e. The summed E-state index contributed by atoms with van der Waals surface area (Å²) in [4.78, 5) is 4.66. The van der Waals surface area contributed by atoms with Crippen molar-refractivity contribution in [1.29, 1.82) is 0 Å². The molecule has 0 N–H and O–H groups in total. The number of hydrogen-bond donors (Lipinski definition) is 0. The molecule has 0 aliphatic heterocycles. The van der Waals surface area contributed by atoms with Gasteiger partial charge in [-0.05, 0) is 30.5 Å². The molecule has 0 saturated heterocycles. The molecule has 0 aliphatic rings. The molecule has 0 unspecified atom stereocenters. The number of para-hydroxylation sites is 1. The Balaban J connectivity index is 0.00000112. The molecule has 2 heteroatoms. The molecule has 0 bridgehead atoms. The number of aryl methyl sites for hydroxylation is 2. The van der Waals surface area contributed by atoms with Crippen molar-refractivity contribution in [3.63, 3.8) is 0 Å². The molecule has 0 atom stereocenters. The Labute approximate surface area is 108 Å². The van der Waals surface area contributed by atoms with E-state index < -0.39 is 0 Å². The van der Waals surface area contributed by atoms with E-state index in [-0.39, 0.29) is 24.0 Å². The zero-order valence-electron chi connectivity index (χ0n) is 9.16. The lowest BCUT2D eigenvalue weighted by molar-refractivity contribution is 0.981. The summed E-state index contributed by atoms with van der Waals surface area (Å²) in [5, 5.41) is 1.25. The summed E-state index contributed by atoms with van der Waals surface area (Å²) in [5.74, 6) is 0. The van der Waals surface area contributed by atoms with Crippen molar-refractivity contribution in [2.24, 2.45) is 0 Å². The largest absolute Gasteiger partial charge is 0.253 e. The summed E-state index contributed by atoms with van der Waals surface area (Å²) in [7, 11) is 0. The van der Waals surface area contributed by atoms with Crippen LogP contribution in [0.4, 0.5) is 0 Å². The summed E-state index contributed by atoms with van der Waals surface area (Å²) in [5.41, 5.74) is 3.74. The Hall–Kier alpha value is -0.640. The number of fused-ring (bicyclic) bond motifs is 1. The molecule has 0 fully saturated rings. The van der Waals surface area contributed by atoms with Crippen molar-refractivity contribution in [2.75, 3.05) is 0 Å². The van der Waals surface area contributed by atoms with Crippen molar-refractivity contribution in [2.45, 2.75) is 26.7 Å². The van der Waals surface area contributed by atoms with Crippen LogP contribution in [0.2, 0.25) is 0 Å². The van der Waals surface area contributed by atoms with Gasteiger partial charge in [0.1, 0.15) is 0 Å². The van der Waals surface area contributed by atoms with Crippen LogP contribution in [0.3, 0.4) is 0 Å². The van der Waals surface area contributed by atoms with E-state index in [0.29, 0.717) is 0 Å². The van der Waals surface area contributed by atoms with E-state index in [9.17, 15) is 0 Å². The van der Waals surface area contributed by atoms with Crippen molar-refractivity contribution >= 4 is 34.9 Å². The lowest BCUT2D eigenvalue weighted by atomic mass is 10.1. The highest BCUT2D eigenvalue weighted by molar-refractivity contribution is 14.0. The minimum absolute atomic E-state index is 0. The number of rotatable bonds is 2. The second kappa shape index (κ2) is 5.45. The number of nitrogens with zero attached hydrogens (tertiary/aromatic N) is 1. The standard InChI is InChI=1S/C13H15N.HI/c1-3-10-9-11-7-5-6-8-13(11)14-12(10)4-2;/h5-9H,3-4H2,1-2H3;1H. The van der Waals surface area contributed by atoms with Crippen molar-refractivity contribution in [3.8, 4) is 0 Å². The predicted molar refractivity (Wildman–Crippen MR) is 75.9 cm³/mol. The summed E-state index contributed by atoms with van der Waals surface area (Å²) < 4.78 is 0. The van der Waals surface area contributed by atoms with Crippen LogP contribution >= 0.6 is 24.0 Å². The van der Waals surface area contributed by atoms with Gasteiger partial charge in [0.25, 0.3) is 0 Å². The fraction of sp³-hybridized carbons (Fsp3) is 0.308. The molecule has 1 aromatic carbocycles. The molecule has 0 aliphatic carbocycles. The first kappa shape index (κ1) is 12.4. The summed E-state index contributed by atoms with van der Waals surface area (Å²) >= 11 is 0.